The molecule has 0 radical (unpaired) electrons. The van der Waals surface area contributed by atoms with Crippen LogP contribution in [0.3, 0.4) is 0 Å². The van der Waals surface area contributed by atoms with Crippen LogP contribution >= 0.6 is 0 Å². The first-order valence-corrected chi connectivity index (χ1v) is 7.02. The lowest BCUT2D eigenvalue weighted by Crippen LogP contribution is -2.15. The van der Waals surface area contributed by atoms with Crippen molar-refractivity contribution in [1.29, 1.82) is 0 Å². The molecule has 2 aromatic rings. The van der Waals surface area contributed by atoms with Gasteiger partial charge in [0, 0.05) is 5.69 Å². The molecule has 0 aliphatic carbocycles. The predicted octanol–water partition coefficient (Wildman–Crippen LogP) is 2.52. The molecule has 0 spiro atoms. The van der Waals surface area contributed by atoms with Gasteiger partial charge in [-0.1, -0.05) is 18.2 Å². The van der Waals surface area contributed by atoms with Crippen LogP contribution in [-0.4, -0.2) is 8.42 Å². The van der Waals surface area contributed by atoms with Gasteiger partial charge in [-0.05, 0) is 36.8 Å². The molecule has 2 aromatic carbocycles. The molecule has 0 unspecified atom stereocenters. The molecule has 3 N–H and O–H groups in total. The van der Waals surface area contributed by atoms with Gasteiger partial charge in [-0.3, -0.25) is 4.72 Å². The third-order valence-electron chi connectivity index (χ3n) is 2.61. The Morgan fingerprint density at radius 1 is 1.16 bits per heavy atom. The van der Waals surface area contributed by atoms with Gasteiger partial charge < -0.3 is 5.73 Å². The van der Waals surface area contributed by atoms with Crippen LogP contribution in [0.4, 0.5) is 15.8 Å². The Balaban J connectivity index is 2.43. The van der Waals surface area contributed by atoms with E-state index in [2.05, 4.69) is 4.72 Å². The number of rotatable bonds is 3. The summed E-state index contributed by atoms with van der Waals surface area (Å²) in [6.07, 6.45) is 0. The van der Waals surface area contributed by atoms with E-state index in [0.717, 1.165) is 12.1 Å². The first kappa shape index (κ1) is 13.4. The number of hydrogen-bond acceptors (Lipinski definition) is 3. The topological polar surface area (TPSA) is 72.2 Å². The second-order valence-electron chi connectivity index (χ2n) is 4.11. The lowest BCUT2D eigenvalue weighted by molar-refractivity contribution is 0.599. The molecule has 0 bridgehead atoms. The summed E-state index contributed by atoms with van der Waals surface area (Å²) in [6, 6.07) is 10.7. The summed E-state index contributed by atoms with van der Waals surface area (Å²) in [6.45, 7) is 1.52. The number of halogens is 1. The molecule has 19 heavy (non-hydrogen) atoms. The van der Waals surface area contributed by atoms with Crippen LogP contribution in [0.1, 0.15) is 5.56 Å². The average Bonchev–Trinajstić information content (AvgIpc) is 2.34. The van der Waals surface area contributed by atoms with Gasteiger partial charge in [-0.2, -0.15) is 0 Å². The van der Waals surface area contributed by atoms with E-state index >= 15 is 0 Å². The van der Waals surface area contributed by atoms with Crippen LogP contribution in [0.5, 0.6) is 0 Å². The number of sulfonamides is 1. The lowest BCUT2D eigenvalue weighted by Gasteiger charge is -2.11. The zero-order chi connectivity index (χ0) is 14.0. The molecular formula is C13H13FN2O2S. The van der Waals surface area contributed by atoms with E-state index in [4.69, 9.17) is 5.73 Å². The quantitative estimate of drug-likeness (QED) is 0.848. The fourth-order valence-corrected chi connectivity index (χ4v) is 3.00. The Kier molecular flexibility index (Phi) is 3.44. The number of aryl methyl sites for hydroxylation is 1. The molecule has 0 saturated heterocycles. The van der Waals surface area contributed by atoms with Crippen molar-refractivity contribution in [3.05, 3.63) is 53.8 Å². The minimum Gasteiger partial charge on any atom is -0.396 e. The number of nitrogens with one attached hydrogen (secondary N) is 1. The van der Waals surface area contributed by atoms with Gasteiger partial charge in [0.25, 0.3) is 10.0 Å². The number of anilines is 2. The van der Waals surface area contributed by atoms with Crippen molar-refractivity contribution < 1.29 is 12.8 Å². The average molecular weight is 280 g/mol. The molecule has 6 heteroatoms. The molecular weight excluding hydrogens is 267 g/mol. The van der Waals surface area contributed by atoms with Gasteiger partial charge in [0.1, 0.15) is 5.82 Å². The maximum Gasteiger partial charge on any atom is 0.262 e. The summed E-state index contributed by atoms with van der Waals surface area (Å²) >= 11 is 0. The first-order chi connectivity index (χ1) is 8.90. The molecule has 0 aliphatic heterocycles. The summed E-state index contributed by atoms with van der Waals surface area (Å²) in [4.78, 5) is -0.0322. The van der Waals surface area contributed by atoms with Crippen molar-refractivity contribution in [3.63, 3.8) is 0 Å². The molecule has 2 rings (SSSR count). The van der Waals surface area contributed by atoms with E-state index in [-0.39, 0.29) is 10.6 Å². The standard InChI is InChI=1S/C13H13FN2O2S/c1-9-7-11(14)12(15)8-13(9)19(17,18)16-10-5-3-2-4-6-10/h2-8,16H,15H2,1H3. The highest BCUT2D eigenvalue weighted by Gasteiger charge is 2.18. The molecule has 0 saturated carbocycles. The van der Waals surface area contributed by atoms with Crippen molar-refractivity contribution in [2.45, 2.75) is 11.8 Å². The highest BCUT2D eigenvalue weighted by Crippen LogP contribution is 2.23. The third kappa shape index (κ3) is 2.85. The summed E-state index contributed by atoms with van der Waals surface area (Å²) in [5.74, 6) is -0.629. The van der Waals surface area contributed by atoms with Gasteiger partial charge in [-0.15, -0.1) is 0 Å². The van der Waals surface area contributed by atoms with E-state index < -0.39 is 15.8 Å². The molecule has 4 nitrogen and oxygen atoms in total. The fraction of sp³-hybridized carbons (Fsp3) is 0.0769. The molecule has 0 atom stereocenters. The van der Waals surface area contributed by atoms with Gasteiger partial charge in [0.2, 0.25) is 0 Å². The lowest BCUT2D eigenvalue weighted by atomic mass is 10.2. The molecule has 0 heterocycles. The Morgan fingerprint density at radius 2 is 1.79 bits per heavy atom. The highest BCUT2D eigenvalue weighted by molar-refractivity contribution is 7.92. The van der Waals surface area contributed by atoms with E-state index in [1.165, 1.54) is 6.92 Å². The minimum absolute atomic E-state index is 0.0322. The van der Waals surface area contributed by atoms with Gasteiger partial charge in [0.05, 0.1) is 10.6 Å². The number of benzene rings is 2. The van der Waals surface area contributed by atoms with E-state index in [0.29, 0.717) is 11.3 Å². The largest absolute Gasteiger partial charge is 0.396 e. The molecule has 100 valence electrons. The Labute approximate surface area is 111 Å². The number of nitrogen functional groups attached to an aromatic ring is 1. The second-order valence-corrected chi connectivity index (χ2v) is 5.76. The number of nitrogens with two attached hydrogens (primary N) is 1. The zero-order valence-electron chi connectivity index (χ0n) is 10.2. The fourth-order valence-electron chi connectivity index (χ4n) is 1.67. The van der Waals surface area contributed by atoms with Crippen LogP contribution in [0.2, 0.25) is 0 Å². The summed E-state index contributed by atoms with van der Waals surface area (Å²) < 4.78 is 40.0. The highest BCUT2D eigenvalue weighted by atomic mass is 32.2. The first-order valence-electron chi connectivity index (χ1n) is 5.53. The zero-order valence-corrected chi connectivity index (χ0v) is 11.0. The number of para-hydroxylation sites is 1. The Hall–Kier alpha value is -2.08. The van der Waals surface area contributed by atoms with Crippen LogP contribution in [-0.2, 0) is 10.0 Å². The Bertz CT molecular complexity index is 700. The SMILES string of the molecule is Cc1cc(F)c(N)cc1S(=O)(=O)Nc1ccccc1. The monoisotopic (exact) mass is 280 g/mol. The van der Waals surface area contributed by atoms with Crippen LogP contribution in [0.25, 0.3) is 0 Å². The van der Waals surface area contributed by atoms with E-state index in [1.54, 1.807) is 30.3 Å². The van der Waals surface area contributed by atoms with E-state index in [9.17, 15) is 12.8 Å². The Morgan fingerprint density at radius 3 is 2.42 bits per heavy atom. The van der Waals surface area contributed by atoms with Crippen molar-refractivity contribution in [2.24, 2.45) is 0 Å². The van der Waals surface area contributed by atoms with Crippen molar-refractivity contribution in [2.75, 3.05) is 10.5 Å². The van der Waals surface area contributed by atoms with Gasteiger partial charge in [-0.25, -0.2) is 12.8 Å². The van der Waals surface area contributed by atoms with Crippen LogP contribution < -0.4 is 10.5 Å². The number of hydrogen-bond donors (Lipinski definition) is 2. The minimum atomic E-state index is -3.78. The van der Waals surface area contributed by atoms with Crippen LogP contribution in [0.15, 0.2) is 47.4 Å². The predicted molar refractivity (Wildman–Crippen MR) is 72.8 cm³/mol. The van der Waals surface area contributed by atoms with Crippen molar-refractivity contribution in [3.8, 4) is 0 Å². The summed E-state index contributed by atoms with van der Waals surface area (Å²) in [5.41, 5.74) is 5.95. The molecule has 0 amide bonds. The summed E-state index contributed by atoms with van der Waals surface area (Å²) in [7, 11) is -3.78. The van der Waals surface area contributed by atoms with E-state index in [1.807, 2.05) is 0 Å². The summed E-state index contributed by atoms with van der Waals surface area (Å²) in [5, 5.41) is 0. The van der Waals surface area contributed by atoms with Gasteiger partial charge in [0.15, 0.2) is 0 Å². The second kappa shape index (κ2) is 4.89. The molecule has 0 fully saturated rings. The molecule has 0 aliphatic rings. The smallest absolute Gasteiger partial charge is 0.262 e. The van der Waals surface area contributed by atoms with Crippen LogP contribution in [0, 0.1) is 12.7 Å². The normalized spacial score (nSPS) is 11.3. The maximum absolute atomic E-state index is 13.2. The maximum atomic E-state index is 13.2. The molecule has 0 aromatic heterocycles. The van der Waals surface area contributed by atoms with Crippen molar-refractivity contribution >= 4 is 21.4 Å². The van der Waals surface area contributed by atoms with Gasteiger partial charge >= 0.3 is 0 Å². The third-order valence-corrected chi connectivity index (χ3v) is 4.13. The van der Waals surface area contributed by atoms with Crippen molar-refractivity contribution in [1.82, 2.24) is 0 Å².